The number of carbonyl (C=O) groups is 1. The minimum Gasteiger partial charge on any atom is -0.395 e. The van der Waals surface area contributed by atoms with Crippen LogP contribution in [0.2, 0.25) is 0 Å². The Morgan fingerprint density at radius 3 is 2.81 bits per heavy atom. The number of amides is 2. The van der Waals surface area contributed by atoms with Crippen molar-refractivity contribution in [2.45, 2.75) is 18.8 Å². The maximum absolute atomic E-state index is 15.0. The van der Waals surface area contributed by atoms with Gasteiger partial charge in [0.2, 0.25) is 0 Å². The van der Waals surface area contributed by atoms with Crippen LogP contribution in [-0.2, 0) is 0 Å². The van der Waals surface area contributed by atoms with E-state index >= 15 is 0 Å². The molecule has 4 aromatic rings. The molecular weight excluding hydrogens is 411 g/mol. The summed E-state index contributed by atoms with van der Waals surface area (Å²) in [5.74, 6) is 0.261. The van der Waals surface area contributed by atoms with Gasteiger partial charge in [0.1, 0.15) is 23.6 Å². The number of H-pyrrole nitrogens is 1. The van der Waals surface area contributed by atoms with Crippen molar-refractivity contribution < 1.29 is 14.3 Å². The maximum Gasteiger partial charge on any atom is 0.327 e. The van der Waals surface area contributed by atoms with Gasteiger partial charge < -0.3 is 15.4 Å². The Balaban J connectivity index is 1.43. The molecule has 9 heteroatoms. The summed E-state index contributed by atoms with van der Waals surface area (Å²) in [5, 5.41) is 12.8. The zero-order valence-electron chi connectivity index (χ0n) is 17.1. The SMILES string of the molecule is O=C(Nc1ccc(-c2ncnc3[nH]cc(C4CC4)c23)cc1F)N(CCO)c1ccccn1. The van der Waals surface area contributed by atoms with E-state index in [0.29, 0.717) is 23.0 Å². The fourth-order valence-corrected chi connectivity index (χ4v) is 3.80. The summed E-state index contributed by atoms with van der Waals surface area (Å²) in [6.07, 6.45) is 7.21. The first-order chi connectivity index (χ1) is 15.7. The number of fused-ring (bicyclic) bond motifs is 1. The molecular formula is C23H21FN6O2. The Bertz CT molecular complexity index is 1270. The lowest BCUT2D eigenvalue weighted by Crippen LogP contribution is -2.37. The predicted molar refractivity (Wildman–Crippen MR) is 119 cm³/mol. The highest BCUT2D eigenvalue weighted by Gasteiger charge is 2.28. The molecule has 0 unspecified atom stereocenters. The zero-order valence-corrected chi connectivity index (χ0v) is 17.1. The molecule has 5 rings (SSSR count). The summed E-state index contributed by atoms with van der Waals surface area (Å²) in [7, 11) is 0. The fraction of sp³-hybridized carbons (Fsp3) is 0.217. The summed E-state index contributed by atoms with van der Waals surface area (Å²) >= 11 is 0. The number of halogens is 1. The summed E-state index contributed by atoms with van der Waals surface area (Å²) in [5.41, 5.74) is 3.17. The average Bonchev–Trinajstić information content (AvgIpc) is 3.57. The number of aromatic amines is 1. The van der Waals surface area contributed by atoms with Crippen LogP contribution in [0, 0.1) is 5.82 Å². The molecule has 0 atom stereocenters. The molecule has 3 aromatic heterocycles. The number of nitrogens with zero attached hydrogens (tertiary/aromatic N) is 4. The summed E-state index contributed by atoms with van der Waals surface area (Å²) in [6.45, 7) is -0.228. The van der Waals surface area contributed by atoms with Gasteiger partial charge in [0.15, 0.2) is 0 Å². The lowest BCUT2D eigenvalue weighted by atomic mass is 10.0. The van der Waals surface area contributed by atoms with E-state index in [4.69, 9.17) is 0 Å². The lowest BCUT2D eigenvalue weighted by molar-refractivity contribution is 0.251. The first kappa shape index (κ1) is 20.1. The van der Waals surface area contributed by atoms with Crippen molar-refractivity contribution in [2.75, 3.05) is 23.4 Å². The van der Waals surface area contributed by atoms with Gasteiger partial charge in [-0.2, -0.15) is 0 Å². The quantitative estimate of drug-likeness (QED) is 0.426. The van der Waals surface area contributed by atoms with Crippen molar-refractivity contribution in [3.05, 3.63) is 66.5 Å². The number of aliphatic hydroxyl groups excluding tert-OH is 1. The van der Waals surface area contributed by atoms with Crippen molar-refractivity contribution in [1.29, 1.82) is 0 Å². The molecule has 1 aliphatic carbocycles. The predicted octanol–water partition coefficient (Wildman–Crippen LogP) is 4.07. The number of pyridine rings is 1. The van der Waals surface area contributed by atoms with E-state index in [9.17, 15) is 14.3 Å². The monoisotopic (exact) mass is 432 g/mol. The molecule has 0 radical (unpaired) electrons. The van der Waals surface area contributed by atoms with E-state index in [-0.39, 0.29) is 18.8 Å². The van der Waals surface area contributed by atoms with Crippen molar-refractivity contribution in [1.82, 2.24) is 19.9 Å². The van der Waals surface area contributed by atoms with Crippen molar-refractivity contribution in [3.63, 3.8) is 0 Å². The van der Waals surface area contributed by atoms with Gasteiger partial charge in [0.25, 0.3) is 0 Å². The van der Waals surface area contributed by atoms with E-state index in [1.54, 1.807) is 30.5 Å². The summed E-state index contributed by atoms with van der Waals surface area (Å²) < 4.78 is 15.0. The normalized spacial score (nSPS) is 13.3. The smallest absolute Gasteiger partial charge is 0.327 e. The zero-order chi connectivity index (χ0) is 22.1. The Morgan fingerprint density at radius 1 is 1.22 bits per heavy atom. The molecule has 1 aliphatic rings. The van der Waals surface area contributed by atoms with Crippen LogP contribution in [-0.4, -0.2) is 44.2 Å². The second-order valence-corrected chi connectivity index (χ2v) is 7.65. The molecule has 0 bridgehead atoms. The van der Waals surface area contributed by atoms with Crippen LogP contribution >= 0.6 is 0 Å². The summed E-state index contributed by atoms with van der Waals surface area (Å²) in [6, 6.07) is 9.10. The molecule has 32 heavy (non-hydrogen) atoms. The molecule has 3 N–H and O–H groups in total. The Hall–Kier alpha value is -3.85. The number of benzene rings is 1. The van der Waals surface area contributed by atoms with Gasteiger partial charge in [0, 0.05) is 23.3 Å². The van der Waals surface area contributed by atoms with Gasteiger partial charge in [-0.05, 0) is 48.6 Å². The minimum atomic E-state index is -0.588. The van der Waals surface area contributed by atoms with Gasteiger partial charge in [-0.3, -0.25) is 4.90 Å². The minimum absolute atomic E-state index is 0.0267. The van der Waals surface area contributed by atoms with E-state index in [0.717, 1.165) is 29.4 Å². The number of aliphatic hydroxyl groups is 1. The number of nitrogens with one attached hydrogen (secondary N) is 2. The van der Waals surface area contributed by atoms with E-state index in [1.165, 1.54) is 23.4 Å². The first-order valence-corrected chi connectivity index (χ1v) is 10.4. The van der Waals surface area contributed by atoms with Gasteiger partial charge in [-0.25, -0.2) is 24.1 Å². The summed E-state index contributed by atoms with van der Waals surface area (Å²) in [4.78, 5) is 30.0. The third-order valence-corrected chi connectivity index (χ3v) is 5.50. The van der Waals surface area contributed by atoms with Crippen LogP contribution in [0.4, 0.5) is 20.7 Å². The molecule has 0 saturated heterocycles. The fourth-order valence-electron chi connectivity index (χ4n) is 3.80. The van der Waals surface area contributed by atoms with Crippen molar-refractivity contribution >= 4 is 28.6 Å². The first-order valence-electron chi connectivity index (χ1n) is 10.4. The second-order valence-electron chi connectivity index (χ2n) is 7.65. The van der Waals surface area contributed by atoms with Crippen LogP contribution in [0.5, 0.6) is 0 Å². The van der Waals surface area contributed by atoms with Crippen molar-refractivity contribution in [2.24, 2.45) is 0 Å². The lowest BCUT2D eigenvalue weighted by Gasteiger charge is -2.21. The Labute approximate surface area is 183 Å². The number of urea groups is 1. The molecule has 0 spiro atoms. The Kier molecular flexibility index (Phi) is 5.24. The highest BCUT2D eigenvalue weighted by molar-refractivity contribution is 6.01. The van der Waals surface area contributed by atoms with E-state index in [2.05, 4.69) is 25.3 Å². The average molecular weight is 432 g/mol. The largest absolute Gasteiger partial charge is 0.395 e. The van der Waals surface area contributed by atoms with Crippen molar-refractivity contribution in [3.8, 4) is 11.3 Å². The standard InChI is InChI=1S/C23H21FN6O2/c24-17-11-15(21-20-16(14-4-5-14)12-26-22(20)28-13-27-21)6-7-18(17)29-23(32)30(9-10-31)19-3-1-2-8-25-19/h1-3,6-8,11-14,31H,4-5,9-10H2,(H,29,32)(H,26,27,28). The van der Waals surface area contributed by atoms with Crippen LogP contribution < -0.4 is 10.2 Å². The molecule has 0 aliphatic heterocycles. The number of hydrogen-bond donors (Lipinski definition) is 3. The van der Waals surface area contributed by atoms with Gasteiger partial charge in [-0.1, -0.05) is 12.1 Å². The number of hydrogen-bond acceptors (Lipinski definition) is 5. The van der Waals surface area contributed by atoms with E-state index < -0.39 is 11.8 Å². The number of rotatable bonds is 6. The number of aromatic nitrogens is 4. The van der Waals surface area contributed by atoms with E-state index in [1.807, 2.05) is 6.20 Å². The van der Waals surface area contributed by atoms with Gasteiger partial charge in [0.05, 0.1) is 24.5 Å². The highest BCUT2D eigenvalue weighted by atomic mass is 19.1. The molecule has 1 saturated carbocycles. The van der Waals surface area contributed by atoms with Crippen LogP contribution in [0.1, 0.15) is 24.3 Å². The number of carbonyl (C=O) groups excluding carboxylic acids is 1. The maximum atomic E-state index is 15.0. The molecule has 2 amide bonds. The highest BCUT2D eigenvalue weighted by Crippen LogP contribution is 2.44. The molecule has 8 nitrogen and oxygen atoms in total. The topological polar surface area (TPSA) is 107 Å². The van der Waals surface area contributed by atoms with Gasteiger partial charge in [-0.15, -0.1) is 0 Å². The van der Waals surface area contributed by atoms with Crippen LogP contribution in [0.3, 0.4) is 0 Å². The third kappa shape index (κ3) is 3.78. The van der Waals surface area contributed by atoms with Gasteiger partial charge >= 0.3 is 6.03 Å². The Morgan fingerprint density at radius 2 is 2.09 bits per heavy atom. The number of anilines is 2. The third-order valence-electron chi connectivity index (χ3n) is 5.50. The van der Waals surface area contributed by atoms with Crippen LogP contribution in [0.15, 0.2) is 55.1 Å². The molecule has 3 heterocycles. The molecule has 1 aromatic carbocycles. The second kappa shape index (κ2) is 8.35. The molecule has 162 valence electrons. The van der Waals surface area contributed by atoms with Crippen LogP contribution in [0.25, 0.3) is 22.3 Å². The molecule has 1 fully saturated rings.